The number of carbonyl (C=O) groups is 2. The number of likely N-dealkylation sites (N-methyl/N-ethyl adjacent to an activating group) is 1. The van der Waals surface area contributed by atoms with E-state index in [1.165, 1.54) is 4.90 Å². The molecule has 0 radical (unpaired) electrons. The standard InChI is InChI=1S/C25H22BrCl2N5O3.ClH/c1-15-23(26)33-12-6-9-20(24(33)30-15)36-14-17-18(27)10-11-19(22(17)28)32(2)21(34)13-29-25(35)31-16-7-4-3-5-8-16;/h3-12H,13-14H2,1-2H3,(H2,29,31,35);1H. The zero-order valence-electron chi connectivity index (χ0n) is 19.8. The van der Waals surface area contributed by atoms with E-state index in [2.05, 4.69) is 31.5 Å². The third kappa shape index (κ3) is 6.48. The summed E-state index contributed by atoms with van der Waals surface area (Å²) >= 11 is 16.6. The van der Waals surface area contributed by atoms with Crippen molar-refractivity contribution in [1.29, 1.82) is 0 Å². The van der Waals surface area contributed by atoms with Gasteiger partial charge in [-0.25, -0.2) is 9.78 Å². The molecule has 0 spiro atoms. The van der Waals surface area contributed by atoms with Crippen LogP contribution in [0.3, 0.4) is 0 Å². The predicted molar refractivity (Wildman–Crippen MR) is 153 cm³/mol. The molecule has 2 aromatic carbocycles. The second kappa shape index (κ2) is 12.5. The van der Waals surface area contributed by atoms with Gasteiger partial charge in [0.05, 0.1) is 22.9 Å². The molecule has 0 atom stereocenters. The zero-order chi connectivity index (χ0) is 25.8. The molecule has 0 aliphatic carbocycles. The summed E-state index contributed by atoms with van der Waals surface area (Å²) in [7, 11) is 1.57. The van der Waals surface area contributed by atoms with Crippen LogP contribution in [-0.4, -0.2) is 34.9 Å². The van der Waals surface area contributed by atoms with Crippen molar-refractivity contribution in [3.05, 3.63) is 86.7 Å². The Morgan fingerprint density at radius 1 is 1.11 bits per heavy atom. The maximum atomic E-state index is 12.8. The summed E-state index contributed by atoms with van der Waals surface area (Å²) in [5, 5.41) is 5.89. The fourth-order valence-electron chi connectivity index (χ4n) is 3.47. The first kappa shape index (κ1) is 28.6. The van der Waals surface area contributed by atoms with Crippen LogP contribution in [0, 0.1) is 6.92 Å². The Morgan fingerprint density at radius 3 is 2.57 bits per heavy atom. The highest BCUT2D eigenvalue weighted by Gasteiger charge is 2.20. The monoisotopic (exact) mass is 625 g/mol. The third-order valence-corrected chi connectivity index (χ3v) is 7.15. The molecule has 0 saturated heterocycles. The van der Waals surface area contributed by atoms with Crippen LogP contribution < -0.4 is 20.3 Å². The number of carbonyl (C=O) groups excluding carboxylic acids is 2. The fraction of sp³-hybridized carbons (Fsp3) is 0.160. The Labute approximate surface area is 238 Å². The van der Waals surface area contributed by atoms with Gasteiger partial charge in [-0.05, 0) is 59.3 Å². The lowest BCUT2D eigenvalue weighted by Gasteiger charge is -2.21. The van der Waals surface area contributed by atoms with Gasteiger partial charge in [0.2, 0.25) is 5.91 Å². The molecule has 194 valence electrons. The Bertz CT molecular complexity index is 1430. The molecule has 0 aliphatic rings. The molecule has 2 aromatic heterocycles. The van der Waals surface area contributed by atoms with Gasteiger partial charge in [-0.15, -0.1) is 12.4 Å². The summed E-state index contributed by atoms with van der Waals surface area (Å²) in [5.74, 6) is 0.193. The second-order valence-electron chi connectivity index (χ2n) is 7.83. The highest BCUT2D eigenvalue weighted by atomic mass is 79.9. The number of aryl methyl sites for hydroxylation is 1. The SMILES string of the molecule is Cc1nc2c(OCc3c(Cl)ccc(N(C)C(=O)CNC(=O)Nc4ccccc4)c3Cl)cccn2c1Br.Cl. The molecule has 8 nitrogen and oxygen atoms in total. The maximum Gasteiger partial charge on any atom is 0.319 e. The smallest absolute Gasteiger partial charge is 0.319 e. The largest absolute Gasteiger partial charge is 0.485 e. The van der Waals surface area contributed by atoms with E-state index < -0.39 is 6.03 Å². The molecule has 0 saturated carbocycles. The molecule has 0 aliphatic heterocycles. The molecule has 4 rings (SSSR count). The molecule has 0 bridgehead atoms. The molecule has 2 N–H and O–H groups in total. The van der Waals surface area contributed by atoms with Gasteiger partial charge in [0, 0.05) is 29.5 Å². The van der Waals surface area contributed by atoms with Crippen LogP contribution in [0.5, 0.6) is 5.75 Å². The Balaban J connectivity index is 0.00000380. The minimum atomic E-state index is -0.491. The number of halogens is 4. The molecule has 3 amide bonds. The summed E-state index contributed by atoms with van der Waals surface area (Å²) < 4.78 is 8.74. The first-order valence-corrected chi connectivity index (χ1v) is 12.4. The predicted octanol–water partition coefficient (Wildman–Crippen LogP) is 6.50. The van der Waals surface area contributed by atoms with Gasteiger partial charge in [0.15, 0.2) is 11.4 Å². The number of benzene rings is 2. The van der Waals surface area contributed by atoms with Gasteiger partial charge >= 0.3 is 6.03 Å². The van der Waals surface area contributed by atoms with Crippen molar-refractivity contribution in [2.45, 2.75) is 13.5 Å². The van der Waals surface area contributed by atoms with Gasteiger partial charge in [-0.3, -0.25) is 9.20 Å². The average Bonchev–Trinajstić information content (AvgIpc) is 3.16. The number of aromatic nitrogens is 2. The summed E-state index contributed by atoms with van der Waals surface area (Å²) in [4.78, 5) is 30.8. The van der Waals surface area contributed by atoms with Crippen LogP contribution in [-0.2, 0) is 11.4 Å². The first-order chi connectivity index (χ1) is 17.3. The Kier molecular flexibility index (Phi) is 9.67. The van der Waals surface area contributed by atoms with Gasteiger partial charge in [-0.2, -0.15) is 0 Å². The van der Waals surface area contributed by atoms with Crippen molar-refractivity contribution >= 4 is 80.5 Å². The number of urea groups is 1. The topological polar surface area (TPSA) is 88.0 Å². The van der Waals surface area contributed by atoms with Crippen molar-refractivity contribution in [3.63, 3.8) is 0 Å². The van der Waals surface area contributed by atoms with E-state index in [0.717, 1.165) is 10.3 Å². The van der Waals surface area contributed by atoms with E-state index in [-0.39, 0.29) is 36.5 Å². The number of nitrogens with zero attached hydrogens (tertiary/aromatic N) is 3. The van der Waals surface area contributed by atoms with Gasteiger partial charge in [-0.1, -0.05) is 41.4 Å². The number of ether oxygens (including phenoxy) is 1. The molecular weight excluding hydrogens is 605 g/mol. The molecule has 37 heavy (non-hydrogen) atoms. The van der Waals surface area contributed by atoms with E-state index in [9.17, 15) is 9.59 Å². The Hall–Kier alpha value is -2.98. The number of amides is 3. The normalized spacial score (nSPS) is 10.5. The highest BCUT2D eigenvalue weighted by molar-refractivity contribution is 9.10. The summed E-state index contributed by atoms with van der Waals surface area (Å²) in [6, 6.07) is 15.4. The molecule has 4 aromatic rings. The zero-order valence-corrected chi connectivity index (χ0v) is 23.7. The van der Waals surface area contributed by atoms with Gasteiger partial charge < -0.3 is 20.3 Å². The lowest BCUT2D eigenvalue weighted by Crippen LogP contribution is -2.40. The molecule has 0 fully saturated rings. The van der Waals surface area contributed by atoms with Crippen molar-refractivity contribution in [2.75, 3.05) is 23.8 Å². The van der Waals surface area contributed by atoms with Crippen molar-refractivity contribution in [2.24, 2.45) is 0 Å². The van der Waals surface area contributed by atoms with E-state index in [0.29, 0.717) is 33.4 Å². The number of anilines is 2. The van der Waals surface area contributed by atoms with Crippen LogP contribution in [0.2, 0.25) is 10.0 Å². The van der Waals surface area contributed by atoms with Gasteiger partial charge in [0.25, 0.3) is 0 Å². The lowest BCUT2D eigenvalue weighted by molar-refractivity contribution is -0.117. The van der Waals surface area contributed by atoms with Crippen LogP contribution in [0.25, 0.3) is 5.65 Å². The van der Waals surface area contributed by atoms with Gasteiger partial charge in [0.1, 0.15) is 11.2 Å². The molecule has 12 heteroatoms. The highest BCUT2D eigenvalue weighted by Crippen LogP contribution is 2.35. The van der Waals surface area contributed by atoms with E-state index in [1.54, 1.807) is 43.4 Å². The van der Waals surface area contributed by atoms with E-state index >= 15 is 0 Å². The van der Waals surface area contributed by atoms with Crippen LogP contribution >= 0.6 is 51.5 Å². The van der Waals surface area contributed by atoms with Crippen molar-refractivity contribution < 1.29 is 14.3 Å². The summed E-state index contributed by atoms with van der Waals surface area (Å²) in [5.41, 5.74) is 3.06. The van der Waals surface area contributed by atoms with Crippen LogP contribution in [0.15, 0.2) is 65.4 Å². The van der Waals surface area contributed by atoms with Crippen LogP contribution in [0.4, 0.5) is 16.2 Å². The minimum Gasteiger partial charge on any atom is -0.485 e. The number of imidazole rings is 1. The number of hydrogen-bond donors (Lipinski definition) is 2. The third-order valence-electron chi connectivity index (χ3n) is 5.42. The number of rotatable bonds is 7. The van der Waals surface area contributed by atoms with E-state index in [4.69, 9.17) is 27.9 Å². The second-order valence-corrected chi connectivity index (χ2v) is 9.36. The number of para-hydroxylation sites is 1. The average molecular weight is 628 g/mol. The quantitative estimate of drug-likeness (QED) is 0.245. The van der Waals surface area contributed by atoms with Crippen LogP contribution in [0.1, 0.15) is 11.3 Å². The molecular formula is C25H23BrCl3N5O3. The lowest BCUT2D eigenvalue weighted by atomic mass is 10.2. The first-order valence-electron chi connectivity index (χ1n) is 10.9. The Morgan fingerprint density at radius 2 is 1.84 bits per heavy atom. The van der Waals surface area contributed by atoms with E-state index in [1.807, 2.05) is 35.7 Å². The minimum absolute atomic E-state index is 0. The number of nitrogens with one attached hydrogen (secondary N) is 2. The van der Waals surface area contributed by atoms with Crippen molar-refractivity contribution in [1.82, 2.24) is 14.7 Å². The van der Waals surface area contributed by atoms with Crippen molar-refractivity contribution in [3.8, 4) is 5.75 Å². The number of fused-ring (bicyclic) bond motifs is 1. The number of pyridine rings is 1. The fourth-order valence-corrected chi connectivity index (χ4v) is 4.45. The summed E-state index contributed by atoms with van der Waals surface area (Å²) in [6.07, 6.45) is 1.88. The molecule has 2 heterocycles. The number of hydrogen-bond acceptors (Lipinski definition) is 4. The molecule has 0 unspecified atom stereocenters. The summed E-state index contributed by atoms with van der Waals surface area (Å²) in [6.45, 7) is 1.73. The maximum absolute atomic E-state index is 12.8.